The zero-order valence-electron chi connectivity index (χ0n) is 13.0. The highest BCUT2D eigenvalue weighted by Crippen LogP contribution is 2.36. The summed E-state index contributed by atoms with van der Waals surface area (Å²) in [6.45, 7) is 6.52. The third-order valence-electron chi connectivity index (χ3n) is 4.81. The van der Waals surface area contributed by atoms with Crippen LogP contribution in [-0.4, -0.2) is 39.1 Å². The fourth-order valence-electron chi connectivity index (χ4n) is 3.51. The minimum absolute atomic E-state index is 0.0299. The Kier molecular flexibility index (Phi) is 4.02. The van der Waals surface area contributed by atoms with E-state index in [1.165, 1.54) is 0 Å². The molecule has 2 fully saturated rings. The van der Waals surface area contributed by atoms with Crippen molar-refractivity contribution in [3.05, 3.63) is 18.2 Å². The summed E-state index contributed by atoms with van der Waals surface area (Å²) >= 11 is 0. The number of aromatic nitrogens is 2. The van der Waals surface area contributed by atoms with Gasteiger partial charge in [-0.15, -0.1) is 0 Å². The van der Waals surface area contributed by atoms with Crippen molar-refractivity contribution >= 4 is 5.91 Å². The van der Waals surface area contributed by atoms with Crippen LogP contribution < -0.4 is 0 Å². The van der Waals surface area contributed by atoms with Crippen LogP contribution in [0.1, 0.15) is 57.8 Å². The molecule has 116 valence electrons. The van der Waals surface area contributed by atoms with E-state index in [4.69, 9.17) is 4.74 Å². The van der Waals surface area contributed by atoms with Crippen molar-refractivity contribution in [1.82, 2.24) is 14.5 Å². The van der Waals surface area contributed by atoms with Crippen molar-refractivity contribution < 1.29 is 9.53 Å². The second-order valence-corrected chi connectivity index (χ2v) is 6.54. The first-order valence-electron chi connectivity index (χ1n) is 8.03. The normalized spacial score (nSPS) is 26.8. The van der Waals surface area contributed by atoms with E-state index in [1.807, 2.05) is 17.3 Å². The highest BCUT2D eigenvalue weighted by Gasteiger charge is 2.38. The quantitative estimate of drug-likeness (QED) is 0.859. The smallest absolute Gasteiger partial charge is 0.223 e. The second-order valence-electron chi connectivity index (χ2n) is 6.54. The predicted octanol–water partition coefficient (Wildman–Crippen LogP) is 2.53. The Bertz CT molecular complexity index is 503. The number of hydrogen-bond acceptors (Lipinski definition) is 3. The van der Waals surface area contributed by atoms with E-state index in [-0.39, 0.29) is 11.5 Å². The summed E-state index contributed by atoms with van der Waals surface area (Å²) in [6.07, 6.45) is 8.48. The number of likely N-dealkylation sites (tertiary alicyclic amines) is 1. The van der Waals surface area contributed by atoms with Gasteiger partial charge in [-0.05, 0) is 39.5 Å². The fraction of sp³-hybridized carbons (Fsp3) is 0.750. The summed E-state index contributed by atoms with van der Waals surface area (Å²) in [7, 11) is 0. The maximum absolute atomic E-state index is 12.4. The number of amides is 1. The molecule has 0 saturated carbocycles. The minimum atomic E-state index is -0.0299. The van der Waals surface area contributed by atoms with Crippen LogP contribution in [0.4, 0.5) is 0 Å². The topological polar surface area (TPSA) is 47.4 Å². The molecule has 1 amide bonds. The van der Waals surface area contributed by atoms with Gasteiger partial charge in [-0.25, -0.2) is 4.98 Å². The third kappa shape index (κ3) is 2.98. The second kappa shape index (κ2) is 5.79. The monoisotopic (exact) mass is 291 g/mol. The van der Waals surface area contributed by atoms with Crippen molar-refractivity contribution in [2.75, 3.05) is 13.2 Å². The highest BCUT2D eigenvalue weighted by molar-refractivity contribution is 5.76. The van der Waals surface area contributed by atoms with Gasteiger partial charge in [0.25, 0.3) is 0 Å². The number of imidazole rings is 1. The SMILES string of the molecule is CC(C)n1ccnc1CN1CCC2(CCCO2)CCC1=O. The molecule has 2 aliphatic rings. The molecule has 5 heteroatoms. The van der Waals surface area contributed by atoms with Crippen LogP contribution in [0.25, 0.3) is 0 Å². The number of carbonyl (C=O) groups excluding carboxylic acids is 1. The Hall–Kier alpha value is -1.36. The predicted molar refractivity (Wildman–Crippen MR) is 79.8 cm³/mol. The molecule has 1 atom stereocenters. The van der Waals surface area contributed by atoms with Crippen molar-refractivity contribution in [3.63, 3.8) is 0 Å². The molecule has 0 radical (unpaired) electrons. The van der Waals surface area contributed by atoms with Crippen LogP contribution >= 0.6 is 0 Å². The molecular formula is C16H25N3O2. The van der Waals surface area contributed by atoms with E-state index in [0.29, 0.717) is 19.0 Å². The molecule has 5 nitrogen and oxygen atoms in total. The Morgan fingerprint density at radius 2 is 2.24 bits per heavy atom. The minimum Gasteiger partial charge on any atom is -0.375 e. The van der Waals surface area contributed by atoms with Gasteiger partial charge in [0.2, 0.25) is 5.91 Å². The van der Waals surface area contributed by atoms with Crippen molar-refractivity contribution in [3.8, 4) is 0 Å². The molecule has 1 unspecified atom stereocenters. The maximum Gasteiger partial charge on any atom is 0.223 e. The maximum atomic E-state index is 12.4. The van der Waals surface area contributed by atoms with Crippen LogP contribution in [0.5, 0.6) is 0 Å². The average Bonchev–Trinajstić information content (AvgIpc) is 3.07. The molecule has 21 heavy (non-hydrogen) atoms. The summed E-state index contributed by atoms with van der Waals surface area (Å²) in [5, 5.41) is 0. The average molecular weight is 291 g/mol. The number of carbonyl (C=O) groups is 1. The summed E-state index contributed by atoms with van der Waals surface area (Å²) in [5.74, 6) is 1.21. The van der Waals surface area contributed by atoms with Gasteiger partial charge in [-0.3, -0.25) is 4.79 Å². The van der Waals surface area contributed by atoms with E-state index >= 15 is 0 Å². The van der Waals surface area contributed by atoms with E-state index in [0.717, 1.165) is 44.7 Å². The van der Waals surface area contributed by atoms with E-state index in [2.05, 4.69) is 23.4 Å². The van der Waals surface area contributed by atoms with Gasteiger partial charge < -0.3 is 14.2 Å². The van der Waals surface area contributed by atoms with Crippen LogP contribution in [0.15, 0.2) is 12.4 Å². The Morgan fingerprint density at radius 1 is 1.38 bits per heavy atom. The van der Waals surface area contributed by atoms with Crippen molar-refractivity contribution in [2.24, 2.45) is 0 Å². The van der Waals surface area contributed by atoms with Crippen LogP contribution in [-0.2, 0) is 16.1 Å². The Balaban J connectivity index is 1.70. The van der Waals surface area contributed by atoms with Crippen molar-refractivity contribution in [1.29, 1.82) is 0 Å². The lowest BCUT2D eigenvalue weighted by molar-refractivity contribution is -0.131. The molecule has 2 saturated heterocycles. The van der Waals surface area contributed by atoms with E-state index in [1.54, 1.807) is 0 Å². The summed E-state index contributed by atoms with van der Waals surface area (Å²) in [5.41, 5.74) is -0.0299. The lowest BCUT2D eigenvalue weighted by Gasteiger charge is -2.26. The van der Waals surface area contributed by atoms with Gasteiger partial charge in [0.05, 0.1) is 12.1 Å². The highest BCUT2D eigenvalue weighted by atomic mass is 16.5. The largest absolute Gasteiger partial charge is 0.375 e. The van der Waals surface area contributed by atoms with Gasteiger partial charge >= 0.3 is 0 Å². The molecular weight excluding hydrogens is 266 g/mol. The first kappa shape index (κ1) is 14.6. The van der Waals surface area contributed by atoms with Gasteiger partial charge in [-0.1, -0.05) is 0 Å². The first-order chi connectivity index (χ1) is 10.1. The number of rotatable bonds is 3. The molecule has 0 aromatic carbocycles. The zero-order chi connectivity index (χ0) is 14.9. The summed E-state index contributed by atoms with van der Waals surface area (Å²) < 4.78 is 8.09. The van der Waals surface area contributed by atoms with Crippen LogP contribution in [0.3, 0.4) is 0 Å². The molecule has 1 aromatic heterocycles. The standard InChI is InChI=1S/C16H25N3O2/c1-13(2)19-10-8-17-14(19)12-18-9-7-16(5-3-11-21-16)6-4-15(18)20/h8,10,13H,3-7,9,11-12H2,1-2H3. The number of ether oxygens (including phenoxy) is 1. The first-order valence-corrected chi connectivity index (χ1v) is 8.03. The zero-order valence-corrected chi connectivity index (χ0v) is 13.0. The van der Waals surface area contributed by atoms with Crippen molar-refractivity contribution in [2.45, 2.75) is 64.1 Å². The summed E-state index contributed by atoms with van der Waals surface area (Å²) in [4.78, 5) is 18.8. The van der Waals surface area contributed by atoms with Crippen LogP contribution in [0.2, 0.25) is 0 Å². The van der Waals surface area contributed by atoms with Gasteiger partial charge in [0.15, 0.2) is 0 Å². The van der Waals surface area contributed by atoms with Crippen LogP contribution in [0, 0.1) is 0 Å². The molecule has 0 aliphatic carbocycles. The molecule has 0 bridgehead atoms. The number of nitrogens with zero attached hydrogens (tertiary/aromatic N) is 3. The number of hydrogen-bond donors (Lipinski definition) is 0. The van der Waals surface area contributed by atoms with Gasteiger partial charge in [-0.2, -0.15) is 0 Å². The Morgan fingerprint density at radius 3 is 2.95 bits per heavy atom. The van der Waals surface area contributed by atoms with Gasteiger partial charge in [0, 0.05) is 38.0 Å². The van der Waals surface area contributed by atoms with E-state index in [9.17, 15) is 4.79 Å². The molecule has 1 spiro atoms. The molecule has 1 aromatic rings. The summed E-state index contributed by atoms with van der Waals surface area (Å²) in [6, 6.07) is 0.370. The lowest BCUT2D eigenvalue weighted by atomic mass is 9.92. The fourth-order valence-corrected chi connectivity index (χ4v) is 3.51. The van der Waals surface area contributed by atoms with Gasteiger partial charge in [0.1, 0.15) is 5.82 Å². The van der Waals surface area contributed by atoms with E-state index < -0.39 is 0 Å². The molecule has 0 N–H and O–H groups in total. The lowest BCUT2D eigenvalue weighted by Crippen LogP contribution is -2.33. The molecule has 2 aliphatic heterocycles. The Labute approximate surface area is 126 Å². The third-order valence-corrected chi connectivity index (χ3v) is 4.81. The molecule has 3 rings (SSSR count). The molecule has 3 heterocycles.